The monoisotopic (exact) mass is 246 g/mol. The molecule has 0 spiro atoms. The Morgan fingerprint density at radius 1 is 1.38 bits per heavy atom. The molecule has 0 unspecified atom stereocenters. The highest BCUT2D eigenvalue weighted by Crippen LogP contribution is 2.29. The maximum atomic E-state index is 11.7. The van der Waals surface area contributed by atoms with E-state index in [1.165, 1.54) is 0 Å². The summed E-state index contributed by atoms with van der Waals surface area (Å²) in [5.41, 5.74) is 5.79. The summed E-state index contributed by atoms with van der Waals surface area (Å²) < 4.78 is 0.159. The SMILES string of the molecule is CCC(CC)(CNC(=O)[C@@H](N)C(C)C)SC. The zero-order valence-electron chi connectivity index (χ0n) is 11.2. The van der Waals surface area contributed by atoms with Gasteiger partial charge >= 0.3 is 0 Å². The minimum absolute atomic E-state index is 0.0321. The molecule has 16 heavy (non-hydrogen) atoms. The second kappa shape index (κ2) is 7.17. The number of hydrogen-bond acceptors (Lipinski definition) is 3. The van der Waals surface area contributed by atoms with Crippen LogP contribution in [0.25, 0.3) is 0 Å². The van der Waals surface area contributed by atoms with Gasteiger partial charge in [0.2, 0.25) is 5.91 Å². The van der Waals surface area contributed by atoms with E-state index < -0.39 is 6.04 Å². The molecule has 3 nitrogen and oxygen atoms in total. The van der Waals surface area contributed by atoms with E-state index in [2.05, 4.69) is 25.4 Å². The van der Waals surface area contributed by atoms with Crippen LogP contribution in [0.2, 0.25) is 0 Å². The minimum Gasteiger partial charge on any atom is -0.353 e. The fourth-order valence-electron chi connectivity index (χ4n) is 1.53. The topological polar surface area (TPSA) is 55.1 Å². The molecule has 96 valence electrons. The molecule has 0 rings (SSSR count). The van der Waals surface area contributed by atoms with E-state index in [4.69, 9.17) is 5.73 Å². The summed E-state index contributed by atoms with van der Waals surface area (Å²) in [4.78, 5) is 11.7. The Kier molecular flexibility index (Phi) is 7.07. The molecule has 1 amide bonds. The van der Waals surface area contributed by atoms with Gasteiger partial charge in [-0.1, -0.05) is 27.7 Å². The quantitative estimate of drug-likeness (QED) is 0.722. The molecular formula is C12H26N2OS. The summed E-state index contributed by atoms with van der Waals surface area (Å²) in [6.07, 6.45) is 4.21. The molecule has 0 heterocycles. The Morgan fingerprint density at radius 3 is 2.19 bits per heavy atom. The Morgan fingerprint density at radius 2 is 1.88 bits per heavy atom. The number of carbonyl (C=O) groups is 1. The van der Waals surface area contributed by atoms with Gasteiger partial charge in [-0.3, -0.25) is 4.79 Å². The molecule has 0 aromatic rings. The molecule has 0 radical (unpaired) electrons. The van der Waals surface area contributed by atoms with Gasteiger partial charge < -0.3 is 11.1 Å². The van der Waals surface area contributed by atoms with E-state index in [1.807, 2.05) is 25.6 Å². The number of rotatable bonds is 7. The van der Waals surface area contributed by atoms with E-state index in [1.54, 1.807) is 0 Å². The van der Waals surface area contributed by atoms with Crippen molar-refractivity contribution in [2.24, 2.45) is 11.7 Å². The summed E-state index contributed by atoms with van der Waals surface area (Å²) in [6, 6.07) is -0.395. The molecule has 0 aliphatic carbocycles. The maximum absolute atomic E-state index is 11.7. The minimum atomic E-state index is -0.395. The van der Waals surface area contributed by atoms with E-state index >= 15 is 0 Å². The zero-order chi connectivity index (χ0) is 12.8. The van der Waals surface area contributed by atoms with Crippen LogP contribution in [0.5, 0.6) is 0 Å². The van der Waals surface area contributed by atoms with Crippen LogP contribution in [-0.2, 0) is 4.79 Å². The molecule has 0 aromatic carbocycles. The van der Waals surface area contributed by atoms with Crippen LogP contribution in [-0.4, -0.2) is 29.5 Å². The van der Waals surface area contributed by atoms with Crippen molar-refractivity contribution < 1.29 is 4.79 Å². The number of nitrogens with two attached hydrogens (primary N) is 1. The van der Waals surface area contributed by atoms with Gasteiger partial charge in [0.1, 0.15) is 0 Å². The molecule has 0 aromatic heterocycles. The Labute approximate surface area is 104 Å². The molecule has 0 saturated heterocycles. The summed E-state index contributed by atoms with van der Waals surface area (Å²) in [7, 11) is 0. The van der Waals surface area contributed by atoms with Crippen LogP contribution in [0.4, 0.5) is 0 Å². The van der Waals surface area contributed by atoms with Crippen molar-refractivity contribution in [1.29, 1.82) is 0 Å². The van der Waals surface area contributed by atoms with Gasteiger partial charge in [-0.25, -0.2) is 0 Å². The van der Waals surface area contributed by atoms with Gasteiger partial charge in [0.05, 0.1) is 6.04 Å². The number of nitrogens with one attached hydrogen (secondary N) is 1. The smallest absolute Gasteiger partial charge is 0.237 e. The lowest BCUT2D eigenvalue weighted by Gasteiger charge is -2.30. The number of hydrogen-bond donors (Lipinski definition) is 2. The van der Waals surface area contributed by atoms with Gasteiger partial charge in [0.25, 0.3) is 0 Å². The van der Waals surface area contributed by atoms with Crippen LogP contribution >= 0.6 is 11.8 Å². The average molecular weight is 246 g/mol. The number of amides is 1. The van der Waals surface area contributed by atoms with Crippen molar-refractivity contribution in [2.75, 3.05) is 12.8 Å². The van der Waals surface area contributed by atoms with E-state index in [0.717, 1.165) is 12.8 Å². The fraction of sp³-hybridized carbons (Fsp3) is 0.917. The van der Waals surface area contributed by atoms with Crippen molar-refractivity contribution in [3.8, 4) is 0 Å². The van der Waals surface area contributed by atoms with Crippen molar-refractivity contribution >= 4 is 17.7 Å². The lowest BCUT2D eigenvalue weighted by Crippen LogP contribution is -2.48. The lowest BCUT2D eigenvalue weighted by atomic mass is 10.0. The van der Waals surface area contributed by atoms with Gasteiger partial charge in [0, 0.05) is 11.3 Å². The van der Waals surface area contributed by atoms with Crippen LogP contribution < -0.4 is 11.1 Å². The normalized spacial score (nSPS) is 13.9. The predicted octanol–water partition coefficient (Wildman–Crippen LogP) is 2.01. The number of carbonyl (C=O) groups excluding carboxylic acids is 1. The van der Waals surface area contributed by atoms with Gasteiger partial charge in [0.15, 0.2) is 0 Å². The van der Waals surface area contributed by atoms with Gasteiger partial charge in [-0.2, -0.15) is 11.8 Å². The Hall–Kier alpha value is -0.220. The third-order valence-corrected chi connectivity index (χ3v) is 4.92. The van der Waals surface area contributed by atoms with E-state index in [-0.39, 0.29) is 16.6 Å². The van der Waals surface area contributed by atoms with Crippen molar-refractivity contribution in [2.45, 2.75) is 51.3 Å². The molecule has 0 fully saturated rings. The fourth-order valence-corrected chi connectivity index (χ4v) is 2.32. The molecule has 0 bridgehead atoms. The van der Waals surface area contributed by atoms with E-state index in [0.29, 0.717) is 6.54 Å². The molecule has 4 heteroatoms. The van der Waals surface area contributed by atoms with Crippen LogP contribution in [0.15, 0.2) is 0 Å². The first-order chi connectivity index (χ1) is 7.42. The number of thioether (sulfide) groups is 1. The summed E-state index contributed by atoms with van der Waals surface area (Å²) in [5.74, 6) is 0.155. The highest BCUT2D eigenvalue weighted by atomic mass is 32.2. The first-order valence-electron chi connectivity index (χ1n) is 6.00. The molecular weight excluding hydrogens is 220 g/mol. The third kappa shape index (κ3) is 4.34. The molecule has 0 saturated carbocycles. The lowest BCUT2D eigenvalue weighted by molar-refractivity contribution is -0.123. The zero-order valence-corrected chi connectivity index (χ0v) is 12.0. The third-order valence-electron chi connectivity index (χ3n) is 3.33. The largest absolute Gasteiger partial charge is 0.353 e. The predicted molar refractivity (Wildman–Crippen MR) is 72.7 cm³/mol. The highest BCUT2D eigenvalue weighted by Gasteiger charge is 2.26. The Bertz CT molecular complexity index is 207. The highest BCUT2D eigenvalue weighted by molar-refractivity contribution is 8.00. The standard InChI is InChI=1S/C12H26N2OS/c1-6-12(7-2,16-5)8-14-11(15)10(13)9(3)4/h9-10H,6-8,13H2,1-5H3,(H,14,15)/t10-/m0/s1. The maximum Gasteiger partial charge on any atom is 0.237 e. The Balaban J connectivity index is 4.26. The van der Waals surface area contributed by atoms with Gasteiger partial charge in [-0.05, 0) is 25.0 Å². The summed E-state index contributed by atoms with van der Waals surface area (Å²) >= 11 is 1.82. The van der Waals surface area contributed by atoms with Crippen molar-refractivity contribution in [3.63, 3.8) is 0 Å². The van der Waals surface area contributed by atoms with Gasteiger partial charge in [-0.15, -0.1) is 0 Å². The van der Waals surface area contributed by atoms with Crippen LogP contribution in [0, 0.1) is 5.92 Å². The second-order valence-corrected chi connectivity index (χ2v) is 5.86. The second-order valence-electron chi connectivity index (χ2n) is 4.58. The molecule has 0 aliphatic heterocycles. The van der Waals surface area contributed by atoms with Crippen molar-refractivity contribution in [3.05, 3.63) is 0 Å². The molecule has 0 aliphatic rings. The molecule has 3 N–H and O–H groups in total. The van der Waals surface area contributed by atoms with Crippen LogP contribution in [0.3, 0.4) is 0 Å². The first-order valence-corrected chi connectivity index (χ1v) is 7.23. The average Bonchev–Trinajstić information content (AvgIpc) is 2.30. The summed E-state index contributed by atoms with van der Waals surface area (Å²) in [5, 5.41) is 2.97. The first kappa shape index (κ1) is 15.8. The van der Waals surface area contributed by atoms with Crippen molar-refractivity contribution in [1.82, 2.24) is 5.32 Å². The molecule has 1 atom stereocenters. The summed E-state index contributed by atoms with van der Waals surface area (Å²) in [6.45, 7) is 8.96. The van der Waals surface area contributed by atoms with Crippen LogP contribution in [0.1, 0.15) is 40.5 Å². The van der Waals surface area contributed by atoms with E-state index in [9.17, 15) is 4.79 Å².